The SMILES string of the molecule is COCC1CCN(C(=O)CCSCc2ccccc2)C1. The van der Waals surface area contributed by atoms with Gasteiger partial charge in [0.2, 0.25) is 5.91 Å². The molecule has 2 rings (SSSR count). The van der Waals surface area contributed by atoms with Crippen LogP contribution >= 0.6 is 11.8 Å². The van der Waals surface area contributed by atoms with E-state index in [2.05, 4.69) is 24.3 Å². The topological polar surface area (TPSA) is 29.5 Å². The Hall–Kier alpha value is -1.00. The van der Waals surface area contributed by atoms with Crippen LogP contribution in [0.3, 0.4) is 0 Å². The van der Waals surface area contributed by atoms with E-state index in [1.165, 1.54) is 5.56 Å². The van der Waals surface area contributed by atoms with E-state index >= 15 is 0 Å². The molecule has 1 amide bonds. The van der Waals surface area contributed by atoms with Gasteiger partial charge >= 0.3 is 0 Å². The number of carbonyl (C=O) groups is 1. The molecule has 1 unspecified atom stereocenters. The number of benzene rings is 1. The zero-order valence-electron chi connectivity index (χ0n) is 12.1. The highest BCUT2D eigenvalue weighted by Crippen LogP contribution is 2.18. The van der Waals surface area contributed by atoms with Crippen LogP contribution in [-0.4, -0.2) is 43.4 Å². The fourth-order valence-electron chi connectivity index (χ4n) is 2.51. The van der Waals surface area contributed by atoms with Crippen LogP contribution in [0.25, 0.3) is 0 Å². The molecule has 3 nitrogen and oxygen atoms in total. The maximum absolute atomic E-state index is 12.1. The Kier molecular flexibility index (Phi) is 6.40. The van der Waals surface area contributed by atoms with Crippen LogP contribution in [-0.2, 0) is 15.3 Å². The summed E-state index contributed by atoms with van der Waals surface area (Å²) in [6.45, 7) is 2.54. The normalized spacial score (nSPS) is 18.4. The fraction of sp³-hybridized carbons (Fsp3) is 0.562. The molecule has 1 saturated heterocycles. The quantitative estimate of drug-likeness (QED) is 0.724. The number of rotatable bonds is 7. The summed E-state index contributed by atoms with van der Waals surface area (Å²) in [6.07, 6.45) is 1.73. The van der Waals surface area contributed by atoms with Gasteiger partial charge in [0.05, 0.1) is 6.61 Å². The molecule has 1 aliphatic heterocycles. The molecule has 1 aromatic carbocycles. The van der Waals surface area contributed by atoms with Crippen LogP contribution in [0.2, 0.25) is 0 Å². The monoisotopic (exact) mass is 293 g/mol. The van der Waals surface area contributed by atoms with Crippen LogP contribution in [0, 0.1) is 5.92 Å². The van der Waals surface area contributed by atoms with Crippen molar-refractivity contribution in [3.63, 3.8) is 0 Å². The Labute approximate surface area is 125 Å². The predicted molar refractivity (Wildman–Crippen MR) is 83.8 cm³/mol. The molecule has 0 aromatic heterocycles. The van der Waals surface area contributed by atoms with Crippen LogP contribution < -0.4 is 0 Å². The second-order valence-electron chi connectivity index (χ2n) is 5.24. The van der Waals surface area contributed by atoms with Gasteiger partial charge in [-0.1, -0.05) is 30.3 Å². The lowest BCUT2D eigenvalue weighted by molar-refractivity contribution is -0.129. The average molecular weight is 293 g/mol. The van der Waals surface area contributed by atoms with Crippen LogP contribution in [0.4, 0.5) is 0 Å². The van der Waals surface area contributed by atoms with Crippen LogP contribution in [0.5, 0.6) is 0 Å². The van der Waals surface area contributed by atoms with Gasteiger partial charge in [-0.25, -0.2) is 0 Å². The lowest BCUT2D eigenvalue weighted by atomic mass is 10.1. The summed E-state index contributed by atoms with van der Waals surface area (Å²) in [6, 6.07) is 10.4. The first kappa shape index (κ1) is 15.4. The molecule has 1 aromatic rings. The fourth-order valence-corrected chi connectivity index (χ4v) is 3.40. The lowest BCUT2D eigenvalue weighted by Crippen LogP contribution is -2.29. The van der Waals surface area contributed by atoms with E-state index in [1.54, 1.807) is 7.11 Å². The number of thioether (sulfide) groups is 1. The second-order valence-corrected chi connectivity index (χ2v) is 6.34. The standard InChI is InChI=1S/C16H23NO2S/c1-19-12-15-7-9-17(11-15)16(18)8-10-20-13-14-5-3-2-4-6-14/h2-6,15H,7-13H2,1H3. The molecule has 0 spiro atoms. The smallest absolute Gasteiger partial charge is 0.223 e. The van der Waals surface area contributed by atoms with Crippen molar-refractivity contribution >= 4 is 17.7 Å². The molecule has 1 aliphatic rings. The van der Waals surface area contributed by atoms with Gasteiger partial charge in [0.1, 0.15) is 0 Å². The van der Waals surface area contributed by atoms with E-state index < -0.39 is 0 Å². The molecule has 0 radical (unpaired) electrons. The summed E-state index contributed by atoms with van der Waals surface area (Å²) in [5, 5.41) is 0. The van der Waals surface area contributed by atoms with Gasteiger partial charge in [0.25, 0.3) is 0 Å². The van der Waals surface area contributed by atoms with Gasteiger partial charge in [0, 0.05) is 44.0 Å². The van der Waals surface area contributed by atoms with Gasteiger partial charge in [-0.2, -0.15) is 11.8 Å². The molecule has 1 atom stereocenters. The zero-order chi connectivity index (χ0) is 14.2. The highest BCUT2D eigenvalue weighted by molar-refractivity contribution is 7.98. The average Bonchev–Trinajstić information content (AvgIpc) is 2.94. The molecule has 1 fully saturated rings. The van der Waals surface area contributed by atoms with Gasteiger partial charge in [0.15, 0.2) is 0 Å². The third kappa shape index (κ3) is 4.84. The highest BCUT2D eigenvalue weighted by atomic mass is 32.2. The van der Waals surface area contributed by atoms with Crippen molar-refractivity contribution in [1.29, 1.82) is 0 Å². The van der Waals surface area contributed by atoms with Gasteiger partial charge in [-0.05, 0) is 12.0 Å². The number of amides is 1. The molecule has 20 heavy (non-hydrogen) atoms. The first-order valence-electron chi connectivity index (χ1n) is 7.18. The number of hydrogen-bond donors (Lipinski definition) is 0. The predicted octanol–water partition coefficient (Wildman–Crippen LogP) is 2.80. The Bertz CT molecular complexity index is 410. The van der Waals surface area contributed by atoms with Gasteiger partial charge in [-0.15, -0.1) is 0 Å². The zero-order valence-corrected chi connectivity index (χ0v) is 12.9. The lowest BCUT2D eigenvalue weighted by Gasteiger charge is -2.16. The van der Waals surface area contributed by atoms with Crippen molar-refractivity contribution in [1.82, 2.24) is 4.90 Å². The molecule has 0 aliphatic carbocycles. The van der Waals surface area contributed by atoms with E-state index in [0.717, 1.165) is 37.6 Å². The number of methoxy groups -OCH3 is 1. The highest BCUT2D eigenvalue weighted by Gasteiger charge is 2.25. The van der Waals surface area contributed by atoms with Crippen molar-refractivity contribution in [2.75, 3.05) is 32.6 Å². The van der Waals surface area contributed by atoms with Crippen molar-refractivity contribution in [2.24, 2.45) is 5.92 Å². The second kappa shape index (κ2) is 8.32. The van der Waals surface area contributed by atoms with E-state index in [-0.39, 0.29) is 0 Å². The van der Waals surface area contributed by atoms with Gasteiger partial charge < -0.3 is 9.64 Å². The van der Waals surface area contributed by atoms with E-state index in [4.69, 9.17) is 4.74 Å². The van der Waals surface area contributed by atoms with Crippen molar-refractivity contribution < 1.29 is 9.53 Å². The summed E-state index contributed by atoms with van der Waals surface area (Å²) in [5.41, 5.74) is 1.33. The largest absolute Gasteiger partial charge is 0.384 e. The Balaban J connectivity index is 1.61. The number of ether oxygens (including phenoxy) is 1. The van der Waals surface area contributed by atoms with E-state index in [0.29, 0.717) is 18.2 Å². The first-order chi connectivity index (χ1) is 9.79. The molecular formula is C16H23NO2S. The van der Waals surface area contributed by atoms with Crippen molar-refractivity contribution in [3.05, 3.63) is 35.9 Å². The minimum Gasteiger partial charge on any atom is -0.384 e. The molecule has 0 saturated carbocycles. The summed E-state index contributed by atoms with van der Waals surface area (Å²) in [4.78, 5) is 14.1. The van der Waals surface area contributed by atoms with Crippen molar-refractivity contribution in [3.8, 4) is 0 Å². The number of likely N-dealkylation sites (tertiary alicyclic amines) is 1. The van der Waals surface area contributed by atoms with E-state index in [1.807, 2.05) is 22.7 Å². The minimum atomic E-state index is 0.296. The Morgan fingerprint density at radius 2 is 2.20 bits per heavy atom. The van der Waals surface area contributed by atoms with Gasteiger partial charge in [-0.3, -0.25) is 4.79 Å². The molecule has 0 N–H and O–H groups in total. The molecule has 4 heteroatoms. The van der Waals surface area contributed by atoms with Crippen LogP contribution in [0.15, 0.2) is 30.3 Å². The number of nitrogens with zero attached hydrogens (tertiary/aromatic N) is 1. The summed E-state index contributed by atoms with van der Waals surface area (Å²) in [7, 11) is 1.73. The number of hydrogen-bond acceptors (Lipinski definition) is 3. The molecule has 1 heterocycles. The third-order valence-corrected chi connectivity index (χ3v) is 4.64. The van der Waals surface area contributed by atoms with Crippen LogP contribution in [0.1, 0.15) is 18.4 Å². The van der Waals surface area contributed by atoms with Crippen molar-refractivity contribution in [2.45, 2.75) is 18.6 Å². The molecular weight excluding hydrogens is 270 g/mol. The molecule has 110 valence electrons. The summed E-state index contributed by atoms with van der Waals surface area (Å²) in [5.74, 6) is 2.71. The van der Waals surface area contributed by atoms with E-state index in [9.17, 15) is 4.79 Å². The molecule has 0 bridgehead atoms. The first-order valence-corrected chi connectivity index (χ1v) is 8.33. The summed E-state index contributed by atoms with van der Waals surface area (Å²) >= 11 is 1.83. The summed E-state index contributed by atoms with van der Waals surface area (Å²) < 4.78 is 5.16. The minimum absolute atomic E-state index is 0.296. The number of carbonyl (C=O) groups excluding carboxylic acids is 1. The third-order valence-electron chi connectivity index (χ3n) is 3.61. The maximum Gasteiger partial charge on any atom is 0.223 e. The Morgan fingerprint density at radius 1 is 1.40 bits per heavy atom. The maximum atomic E-state index is 12.1. The Morgan fingerprint density at radius 3 is 2.95 bits per heavy atom.